The van der Waals surface area contributed by atoms with Gasteiger partial charge in [0, 0.05) is 19.2 Å². The molecule has 0 bridgehead atoms. The van der Waals surface area contributed by atoms with E-state index in [0.29, 0.717) is 0 Å². The Hall–Kier alpha value is -1.90. The number of thiophene rings is 2. The maximum atomic E-state index is 2.33. The van der Waals surface area contributed by atoms with Gasteiger partial charge in [0.2, 0.25) is 0 Å². The number of aryl methyl sites for hydroxylation is 2. The molecule has 0 saturated carbocycles. The third kappa shape index (κ3) is 2.49. The fraction of sp³-hybridized carbons (Fsp3) is 0.100. The van der Waals surface area contributed by atoms with Crippen molar-refractivity contribution in [3.8, 4) is 20.9 Å². The number of hydrogen-bond donors (Lipinski definition) is 0. The van der Waals surface area contributed by atoms with Crippen LogP contribution in [-0.2, 0) is 0 Å². The number of benzene rings is 2. The summed E-state index contributed by atoms with van der Waals surface area (Å²) in [5, 5.41) is 0. The van der Waals surface area contributed by atoms with Gasteiger partial charge in [-0.1, -0.05) is 59.7 Å². The van der Waals surface area contributed by atoms with E-state index >= 15 is 0 Å². The fourth-order valence-corrected chi connectivity index (χ4v) is 4.96. The summed E-state index contributed by atoms with van der Waals surface area (Å²) in [5.74, 6) is 0. The van der Waals surface area contributed by atoms with E-state index in [-0.39, 0.29) is 0 Å². The van der Waals surface area contributed by atoms with Crippen molar-refractivity contribution in [2.24, 2.45) is 0 Å². The minimum Gasteiger partial charge on any atom is -0.134 e. The Morgan fingerprint density at radius 2 is 0.909 bits per heavy atom. The number of fused-ring (bicyclic) bond motifs is 1. The highest BCUT2D eigenvalue weighted by molar-refractivity contribution is 7.31. The lowest BCUT2D eigenvalue weighted by Crippen LogP contribution is -1.73. The van der Waals surface area contributed by atoms with Crippen molar-refractivity contribution in [1.29, 1.82) is 0 Å². The molecule has 0 aliphatic rings. The molecule has 0 nitrogen and oxygen atoms in total. The summed E-state index contributed by atoms with van der Waals surface area (Å²) < 4.78 is 2.77. The summed E-state index contributed by atoms with van der Waals surface area (Å²) in [6.45, 7) is 4.26. The first-order valence-corrected chi connectivity index (χ1v) is 9.00. The van der Waals surface area contributed by atoms with Gasteiger partial charge in [0.05, 0.1) is 0 Å². The third-order valence-corrected chi connectivity index (χ3v) is 6.27. The monoisotopic (exact) mass is 320 g/mol. The van der Waals surface area contributed by atoms with Crippen molar-refractivity contribution < 1.29 is 0 Å². The summed E-state index contributed by atoms with van der Waals surface area (Å²) in [4.78, 5) is 2.72. The smallest absolute Gasteiger partial charge is 0.0463 e. The molecule has 108 valence electrons. The largest absolute Gasteiger partial charge is 0.134 e. The molecule has 2 aromatic heterocycles. The second-order valence-electron chi connectivity index (χ2n) is 5.68. The van der Waals surface area contributed by atoms with E-state index in [1.54, 1.807) is 0 Å². The zero-order valence-corrected chi connectivity index (χ0v) is 14.2. The highest BCUT2D eigenvalue weighted by Gasteiger charge is 2.09. The molecule has 0 aliphatic carbocycles. The summed E-state index contributed by atoms with van der Waals surface area (Å²) in [6.07, 6.45) is 0. The van der Waals surface area contributed by atoms with Crippen LogP contribution in [0.1, 0.15) is 11.1 Å². The van der Waals surface area contributed by atoms with E-state index < -0.39 is 0 Å². The predicted molar refractivity (Wildman–Crippen MR) is 100 cm³/mol. The topological polar surface area (TPSA) is 0 Å². The molecule has 2 aromatic carbocycles. The maximum Gasteiger partial charge on any atom is 0.0463 e. The SMILES string of the molecule is Cc1ccc(-c2cc3sc(-c4ccc(C)cc4)cc3s2)cc1. The van der Waals surface area contributed by atoms with Crippen LogP contribution in [0.5, 0.6) is 0 Å². The van der Waals surface area contributed by atoms with E-state index in [1.807, 2.05) is 22.7 Å². The molecule has 0 fully saturated rings. The van der Waals surface area contributed by atoms with Gasteiger partial charge in [-0.3, -0.25) is 0 Å². The van der Waals surface area contributed by atoms with Crippen molar-refractivity contribution in [2.45, 2.75) is 13.8 Å². The standard InChI is InChI=1S/C20H16S2/c1-13-3-7-15(8-4-13)17-11-19-20(21-17)12-18(22-19)16-9-5-14(2)6-10-16/h3-12H,1-2H3. The Bertz CT molecular complexity index is 816. The highest BCUT2D eigenvalue weighted by Crippen LogP contribution is 2.41. The first-order valence-electron chi connectivity index (χ1n) is 7.36. The quantitative estimate of drug-likeness (QED) is 0.376. The van der Waals surface area contributed by atoms with Crippen molar-refractivity contribution in [1.82, 2.24) is 0 Å². The first kappa shape index (κ1) is 13.7. The molecular weight excluding hydrogens is 304 g/mol. The average Bonchev–Trinajstić information content (AvgIpc) is 3.07. The number of hydrogen-bond acceptors (Lipinski definition) is 2. The predicted octanol–water partition coefficient (Wildman–Crippen LogP) is 6.91. The van der Waals surface area contributed by atoms with Gasteiger partial charge in [-0.25, -0.2) is 0 Å². The zero-order valence-electron chi connectivity index (χ0n) is 12.6. The van der Waals surface area contributed by atoms with Gasteiger partial charge in [0.15, 0.2) is 0 Å². The molecule has 4 aromatic rings. The summed E-state index contributed by atoms with van der Waals surface area (Å²) in [7, 11) is 0. The first-order chi connectivity index (χ1) is 10.7. The van der Waals surface area contributed by atoms with E-state index in [0.717, 1.165) is 0 Å². The Balaban J connectivity index is 1.73. The Kier molecular flexibility index (Phi) is 3.36. The van der Waals surface area contributed by atoms with Gasteiger partial charge < -0.3 is 0 Å². The zero-order chi connectivity index (χ0) is 15.1. The van der Waals surface area contributed by atoms with Crippen LogP contribution in [0.2, 0.25) is 0 Å². The van der Waals surface area contributed by atoms with Crippen molar-refractivity contribution in [3.05, 3.63) is 71.8 Å². The Labute approximate surface area is 138 Å². The summed E-state index contributed by atoms with van der Waals surface area (Å²) in [6, 6.07) is 22.2. The van der Waals surface area contributed by atoms with Gasteiger partial charge in [0.25, 0.3) is 0 Å². The molecule has 4 rings (SSSR count). The van der Waals surface area contributed by atoms with Crippen LogP contribution in [0.15, 0.2) is 60.7 Å². The molecule has 2 heteroatoms. The van der Waals surface area contributed by atoms with Crippen LogP contribution in [0.3, 0.4) is 0 Å². The summed E-state index contributed by atoms with van der Waals surface area (Å²) in [5.41, 5.74) is 5.25. The minimum absolute atomic E-state index is 1.31. The van der Waals surface area contributed by atoms with Crippen LogP contribution in [0, 0.1) is 13.8 Å². The molecule has 0 saturated heterocycles. The molecule has 2 heterocycles. The van der Waals surface area contributed by atoms with Gasteiger partial charge in [0.1, 0.15) is 0 Å². The third-order valence-electron chi connectivity index (χ3n) is 3.88. The van der Waals surface area contributed by atoms with Crippen molar-refractivity contribution >= 4 is 32.1 Å². The van der Waals surface area contributed by atoms with Crippen LogP contribution in [0.4, 0.5) is 0 Å². The summed E-state index contributed by atoms with van der Waals surface area (Å²) >= 11 is 3.77. The van der Waals surface area contributed by atoms with E-state index in [9.17, 15) is 0 Å². The lowest BCUT2D eigenvalue weighted by atomic mass is 10.1. The lowest BCUT2D eigenvalue weighted by Gasteiger charge is -1.98. The Morgan fingerprint density at radius 3 is 1.27 bits per heavy atom. The van der Waals surface area contributed by atoms with Crippen molar-refractivity contribution in [3.63, 3.8) is 0 Å². The van der Waals surface area contributed by atoms with Crippen LogP contribution in [0.25, 0.3) is 30.3 Å². The van der Waals surface area contributed by atoms with Crippen LogP contribution in [-0.4, -0.2) is 0 Å². The van der Waals surface area contributed by atoms with E-state index in [4.69, 9.17) is 0 Å². The van der Waals surface area contributed by atoms with Crippen LogP contribution < -0.4 is 0 Å². The van der Waals surface area contributed by atoms with Gasteiger partial charge in [-0.05, 0) is 37.1 Å². The maximum absolute atomic E-state index is 2.33. The highest BCUT2D eigenvalue weighted by atomic mass is 32.1. The molecule has 0 spiro atoms. The van der Waals surface area contributed by atoms with Gasteiger partial charge in [-0.15, -0.1) is 22.7 Å². The second kappa shape index (κ2) is 5.38. The lowest BCUT2D eigenvalue weighted by molar-refractivity contribution is 1.48. The number of rotatable bonds is 2. The molecule has 22 heavy (non-hydrogen) atoms. The average molecular weight is 320 g/mol. The Morgan fingerprint density at radius 1 is 0.545 bits per heavy atom. The van der Waals surface area contributed by atoms with Gasteiger partial charge in [-0.2, -0.15) is 0 Å². The minimum atomic E-state index is 1.31. The molecule has 0 aliphatic heterocycles. The van der Waals surface area contributed by atoms with Gasteiger partial charge >= 0.3 is 0 Å². The molecule has 0 radical (unpaired) electrons. The normalized spacial score (nSPS) is 11.2. The van der Waals surface area contributed by atoms with E-state index in [2.05, 4.69) is 74.5 Å². The van der Waals surface area contributed by atoms with Crippen molar-refractivity contribution in [2.75, 3.05) is 0 Å². The van der Waals surface area contributed by atoms with E-state index in [1.165, 1.54) is 41.4 Å². The molecular formula is C20H16S2. The van der Waals surface area contributed by atoms with Crippen LogP contribution >= 0.6 is 22.7 Å². The molecule has 0 amide bonds. The second-order valence-corrected chi connectivity index (χ2v) is 7.85. The molecule has 0 unspecified atom stereocenters. The molecule has 0 atom stereocenters. The molecule has 0 N–H and O–H groups in total. The fourth-order valence-electron chi connectivity index (χ4n) is 2.56.